The Bertz CT molecular complexity index is 865. The number of benzene rings is 1. The lowest BCUT2D eigenvalue weighted by molar-refractivity contribution is 0.0999. The highest BCUT2D eigenvalue weighted by Gasteiger charge is 2.17. The number of aromatic nitrogens is 1. The van der Waals surface area contributed by atoms with Gasteiger partial charge in [0.1, 0.15) is 0 Å². The molecule has 0 radical (unpaired) electrons. The predicted molar refractivity (Wildman–Crippen MR) is 107 cm³/mol. The number of urea groups is 1. The van der Waals surface area contributed by atoms with E-state index in [-0.39, 0.29) is 11.6 Å². The van der Waals surface area contributed by atoms with Crippen LogP contribution in [0.1, 0.15) is 21.6 Å². The third kappa shape index (κ3) is 4.58. The smallest absolute Gasteiger partial charge is 0.321 e. The maximum absolute atomic E-state index is 12.6. The zero-order chi connectivity index (χ0) is 20.1. The summed E-state index contributed by atoms with van der Waals surface area (Å²) in [7, 11) is 1.72. The second kappa shape index (κ2) is 8.71. The largest absolute Gasteiger partial charge is 0.378 e. The molecule has 0 saturated carbocycles. The lowest BCUT2D eigenvalue weighted by Crippen LogP contribution is -2.37. The second-order valence-electron chi connectivity index (χ2n) is 6.74. The first-order valence-corrected chi connectivity index (χ1v) is 9.15. The standard InChI is InChI=1S/C20H25N5O3/c1-14-17(19(21)26)11-16(12-22-14)23-20(27)24(2)13-15-5-3-4-6-18(15)25-7-9-28-10-8-25/h3-6,11-12H,7-10,13H2,1-2H3,(H2,21,26)(H,23,27). The number of aryl methyl sites for hydroxylation is 1. The van der Waals surface area contributed by atoms with Gasteiger partial charge >= 0.3 is 6.03 Å². The fourth-order valence-corrected chi connectivity index (χ4v) is 3.15. The third-order valence-electron chi connectivity index (χ3n) is 4.70. The summed E-state index contributed by atoms with van der Waals surface area (Å²) in [5, 5.41) is 2.77. The summed E-state index contributed by atoms with van der Waals surface area (Å²) in [5.74, 6) is -0.575. The van der Waals surface area contributed by atoms with Crippen LogP contribution in [0.4, 0.5) is 16.2 Å². The molecule has 148 valence electrons. The van der Waals surface area contributed by atoms with E-state index in [1.807, 2.05) is 18.2 Å². The van der Waals surface area contributed by atoms with Crippen LogP contribution in [0.2, 0.25) is 0 Å². The monoisotopic (exact) mass is 383 g/mol. The quantitative estimate of drug-likeness (QED) is 0.822. The number of nitrogens with zero attached hydrogens (tertiary/aromatic N) is 3. The van der Waals surface area contributed by atoms with Crippen LogP contribution in [0, 0.1) is 6.92 Å². The second-order valence-corrected chi connectivity index (χ2v) is 6.74. The van der Waals surface area contributed by atoms with E-state index < -0.39 is 5.91 Å². The van der Waals surface area contributed by atoms with Crippen LogP contribution in [0.3, 0.4) is 0 Å². The number of hydrogen-bond acceptors (Lipinski definition) is 5. The Balaban J connectivity index is 1.70. The molecule has 1 fully saturated rings. The van der Waals surface area contributed by atoms with Crippen molar-refractivity contribution in [3.8, 4) is 0 Å². The van der Waals surface area contributed by atoms with Gasteiger partial charge in [0.2, 0.25) is 0 Å². The predicted octanol–water partition coefficient (Wildman–Crippen LogP) is 1.99. The van der Waals surface area contributed by atoms with Crippen LogP contribution >= 0.6 is 0 Å². The molecule has 1 saturated heterocycles. The van der Waals surface area contributed by atoms with Gasteiger partial charge in [-0.1, -0.05) is 18.2 Å². The Morgan fingerprint density at radius 3 is 2.71 bits per heavy atom. The number of para-hydroxylation sites is 1. The van der Waals surface area contributed by atoms with Crippen LogP contribution in [-0.4, -0.2) is 55.2 Å². The van der Waals surface area contributed by atoms with E-state index >= 15 is 0 Å². The van der Waals surface area contributed by atoms with E-state index in [0.717, 1.165) is 24.3 Å². The number of nitrogens with one attached hydrogen (secondary N) is 1. The van der Waals surface area contributed by atoms with Crippen molar-refractivity contribution in [2.24, 2.45) is 5.73 Å². The number of hydrogen-bond donors (Lipinski definition) is 2. The Morgan fingerprint density at radius 1 is 1.29 bits per heavy atom. The van der Waals surface area contributed by atoms with E-state index in [1.54, 1.807) is 18.9 Å². The van der Waals surface area contributed by atoms with E-state index in [0.29, 0.717) is 31.1 Å². The van der Waals surface area contributed by atoms with Crippen LogP contribution in [0.15, 0.2) is 36.5 Å². The first kappa shape index (κ1) is 19.6. The van der Waals surface area contributed by atoms with Crippen LogP contribution < -0.4 is 16.0 Å². The number of amides is 3. The maximum atomic E-state index is 12.6. The number of rotatable bonds is 5. The average Bonchev–Trinajstić information content (AvgIpc) is 2.70. The van der Waals surface area contributed by atoms with Gasteiger partial charge in [0, 0.05) is 32.4 Å². The third-order valence-corrected chi connectivity index (χ3v) is 4.70. The van der Waals surface area contributed by atoms with Crippen molar-refractivity contribution in [1.82, 2.24) is 9.88 Å². The van der Waals surface area contributed by atoms with Gasteiger partial charge in [0.05, 0.1) is 36.4 Å². The van der Waals surface area contributed by atoms with Gasteiger partial charge < -0.3 is 25.6 Å². The minimum Gasteiger partial charge on any atom is -0.378 e. The number of ether oxygens (including phenoxy) is 1. The highest BCUT2D eigenvalue weighted by atomic mass is 16.5. The van der Waals surface area contributed by atoms with Gasteiger partial charge in [-0.2, -0.15) is 0 Å². The highest BCUT2D eigenvalue weighted by molar-refractivity contribution is 5.96. The molecule has 1 aliphatic heterocycles. The summed E-state index contributed by atoms with van der Waals surface area (Å²) in [5.41, 5.74) is 8.76. The first-order valence-electron chi connectivity index (χ1n) is 9.15. The number of morpholine rings is 1. The van der Waals surface area contributed by atoms with Crippen molar-refractivity contribution in [2.45, 2.75) is 13.5 Å². The molecule has 3 N–H and O–H groups in total. The zero-order valence-electron chi connectivity index (χ0n) is 16.1. The van der Waals surface area contributed by atoms with Gasteiger partial charge in [-0.05, 0) is 24.6 Å². The number of carbonyl (C=O) groups excluding carboxylic acids is 2. The fraction of sp³-hybridized carbons (Fsp3) is 0.350. The van der Waals surface area contributed by atoms with Gasteiger partial charge in [-0.25, -0.2) is 4.79 Å². The Hall–Kier alpha value is -3.13. The molecule has 0 aliphatic carbocycles. The highest BCUT2D eigenvalue weighted by Crippen LogP contribution is 2.23. The molecule has 8 nitrogen and oxygen atoms in total. The molecule has 0 atom stereocenters. The molecule has 0 bridgehead atoms. The molecule has 3 rings (SSSR count). The summed E-state index contributed by atoms with van der Waals surface area (Å²) in [6, 6.07) is 9.30. The lowest BCUT2D eigenvalue weighted by atomic mass is 10.1. The number of pyridine rings is 1. The number of nitrogens with two attached hydrogens (primary N) is 1. The molecule has 3 amide bonds. The Labute approximate surface area is 164 Å². The van der Waals surface area contributed by atoms with Crippen molar-refractivity contribution in [1.29, 1.82) is 0 Å². The van der Waals surface area contributed by atoms with Crippen molar-refractivity contribution >= 4 is 23.3 Å². The Morgan fingerprint density at radius 2 is 2.00 bits per heavy atom. The summed E-state index contributed by atoms with van der Waals surface area (Å²) in [4.78, 5) is 32.1. The topological polar surface area (TPSA) is 101 Å². The summed E-state index contributed by atoms with van der Waals surface area (Å²) >= 11 is 0. The fourth-order valence-electron chi connectivity index (χ4n) is 3.15. The van der Waals surface area contributed by atoms with Crippen molar-refractivity contribution in [2.75, 3.05) is 43.6 Å². The minimum absolute atomic E-state index is 0.290. The van der Waals surface area contributed by atoms with E-state index in [2.05, 4.69) is 21.3 Å². The maximum Gasteiger partial charge on any atom is 0.321 e. The van der Waals surface area contributed by atoms with Gasteiger partial charge in [-0.15, -0.1) is 0 Å². The van der Waals surface area contributed by atoms with E-state index in [1.165, 1.54) is 12.3 Å². The Kier molecular flexibility index (Phi) is 6.10. The average molecular weight is 383 g/mol. The molecule has 8 heteroatoms. The molecule has 1 aliphatic rings. The molecule has 2 aromatic rings. The lowest BCUT2D eigenvalue weighted by Gasteiger charge is -2.31. The normalized spacial score (nSPS) is 13.9. The minimum atomic E-state index is -0.575. The summed E-state index contributed by atoms with van der Waals surface area (Å²) in [6.45, 7) is 5.21. The van der Waals surface area contributed by atoms with E-state index in [9.17, 15) is 9.59 Å². The van der Waals surface area contributed by atoms with Crippen LogP contribution in [-0.2, 0) is 11.3 Å². The molecule has 0 unspecified atom stereocenters. The van der Waals surface area contributed by atoms with Crippen molar-refractivity contribution < 1.29 is 14.3 Å². The number of carbonyl (C=O) groups is 2. The molecule has 0 spiro atoms. The number of primary amides is 1. The first-order chi connectivity index (χ1) is 13.5. The number of anilines is 2. The van der Waals surface area contributed by atoms with Crippen molar-refractivity contribution in [3.05, 3.63) is 53.3 Å². The summed E-state index contributed by atoms with van der Waals surface area (Å²) in [6.07, 6.45) is 1.51. The van der Waals surface area contributed by atoms with Gasteiger partial charge in [0.25, 0.3) is 5.91 Å². The molecule has 1 aromatic heterocycles. The SMILES string of the molecule is Cc1ncc(NC(=O)N(C)Cc2ccccc2N2CCOCC2)cc1C(N)=O. The molecule has 28 heavy (non-hydrogen) atoms. The summed E-state index contributed by atoms with van der Waals surface area (Å²) < 4.78 is 5.43. The molecular formula is C20H25N5O3. The van der Waals surface area contributed by atoms with Crippen LogP contribution in [0.5, 0.6) is 0 Å². The zero-order valence-corrected chi connectivity index (χ0v) is 16.1. The molecule has 1 aromatic carbocycles. The van der Waals surface area contributed by atoms with Crippen LogP contribution in [0.25, 0.3) is 0 Å². The molecular weight excluding hydrogens is 358 g/mol. The van der Waals surface area contributed by atoms with Crippen molar-refractivity contribution in [3.63, 3.8) is 0 Å². The molecule has 2 heterocycles. The van der Waals surface area contributed by atoms with E-state index in [4.69, 9.17) is 10.5 Å². The van der Waals surface area contributed by atoms with Gasteiger partial charge in [-0.3, -0.25) is 9.78 Å². The van der Waals surface area contributed by atoms with Gasteiger partial charge in [0.15, 0.2) is 0 Å².